The standard InChI is InChI=1S/C22H24N2O.C8H7N/c25-22(17-6-2-1-3-7-17)18-10-13-24(14-11-18)15-12-19-16-23-21-9-5-4-8-20(19)21;1-2-4-8-7(3-1)5-6-9-8/h1-9,16,18,23H,10-15H2;1-6,9H. The fourth-order valence-corrected chi connectivity index (χ4v) is 4.87. The van der Waals surface area contributed by atoms with Crippen molar-refractivity contribution in [2.24, 2.45) is 5.92 Å². The van der Waals surface area contributed by atoms with Crippen LogP contribution in [-0.2, 0) is 6.42 Å². The SMILES string of the molecule is O=C(c1ccccc1)C1CCN(CCc2c[nH]c3ccccc23)CC1.c1ccc2[nH]ccc2c1. The largest absolute Gasteiger partial charge is 0.361 e. The Morgan fingerprint density at radius 2 is 1.50 bits per heavy atom. The second kappa shape index (κ2) is 10.5. The Hall–Kier alpha value is -3.63. The summed E-state index contributed by atoms with van der Waals surface area (Å²) in [5.74, 6) is 0.503. The van der Waals surface area contributed by atoms with Gasteiger partial charge >= 0.3 is 0 Å². The Balaban J connectivity index is 0.000000222. The number of nitrogens with one attached hydrogen (secondary N) is 2. The van der Waals surface area contributed by atoms with Crippen molar-refractivity contribution in [2.45, 2.75) is 19.3 Å². The molecule has 0 bridgehead atoms. The zero-order valence-corrected chi connectivity index (χ0v) is 19.4. The number of likely N-dealkylation sites (tertiary alicyclic amines) is 1. The minimum atomic E-state index is 0.187. The fourth-order valence-electron chi connectivity index (χ4n) is 4.87. The average Bonchev–Trinajstić information content (AvgIpc) is 3.55. The van der Waals surface area contributed by atoms with E-state index in [4.69, 9.17) is 0 Å². The lowest BCUT2D eigenvalue weighted by Gasteiger charge is -2.31. The lowest BCUT2D eigenvalue weighted by Crippen LogP contribution is -2.37. The van der Waals surface area contributed by atoms with E-state index in [2.05, 4.69) is 63.5 Å². The Kier molecular flexibility index (Phi) is 6.87. The van der Waals surface area contributed by atoms with Gasteiger partial charge in [0.25, 0.3) is 0 Å². The third-order valence-corrected chi connectivity index (χ3v) is 6.85. The molecule has 0 radical (unpaired) electrons. The third-order valence-electron chi connectivity index (χ3n) is 6.85. The number of rotatable bonds is 5. The van der Waals surface area contributed by atoms with E-state index in [1.165, 1.54) is 27.4 Å². The molecule has 6 rings (SSSR count). The Morgan fingerprint density at radius 3 is 2.29 bits per heavy atom. The maximum atomic E-state index is 12.6. The van der Waals surface area contributed by atoms with Crippen LogP contribution in [-0.4, -0.2) is 40.3 Å². The minimum Gasteiger partial charge on any atom is -0.361 e. The molecule has 5 aromatic rings. The predicted molar refractivity (Wildman–Crippen MR) is 140 cm³/mol. The highest BCUT2D eigenvalue weighted by molar-refractivity contribution is 5.97. The van der Waals surface area contributed by atoms with Crippen LogP contribution in [0.5, 0.6) is 0 Å². The number of nitrogens with zero attached hydrogens (tertiary/aromatic N) is 1. The Morgan fingerprint density at radius 1 is 0.794 bits per heavy atom. The van der Waals surface area contributed by atoms with Gasteiger partial charge in [-0.3, -0.25) is 4.79 Å². The van der Waals surface area contributed by atoms with Gasteiger partial charge in [-0.1, -0.05) is 66.7 Å². The van der Waals surface area contributed by atoms with Gasteiger partial charge in [0.2, 0.25) is 0 Å². The molecular formula is C30H31N3O. The summed E-state index contributed by atoms with van der Waals surface area (Å²) in [5, 5.41) is 2.61. The number of H-pyrrole nitrogens is 2. The monoisotopic (exact) mass is 449 g/mol. The van der Waals surface area contributed by atoms with Crippen LogP contribution in [0.2, 0.25) is 0 Å². The molecule has 2 aromatic heterocycles. The van der Waals surface area contributed by atoms with Gasteiger partial charge in [0.15, 0.2) is 5.78 Å². The molecule has 0 saturated carbocycles. The highest BCUT2D eigenvalue weighted by Crippen LogP contribution is 2.23. The van der Waals surface area contributed by atoms with E-state index in [-0.39, 0.29) is 5.92 Å². The first-order valence-corrected chi connectivity index (χ1v) is 12.2. The van der Waals surface area contributed by atoms with E-state index >= 15 is 0 Å². The van der Waals surface area contributed by atoms with Crippen molar-refractivity contribution in [1.29, 1.82) is 0 Å². The second-order valence-corrected chi connectivity index (χ2v) is 9.02. The van der Waals surface area contributed by atoms with Crippen molar-refractivity contribution in [2.75, 3.05) is 19.6 Å². The van der Waals surface area contributed by atoms with E-state index in [1.807, 2.05) is 48.7 Å². The van der Waals surface area contributed by atoms with Gasteiger partial charge in [0.1, 0.15) is 0 Å². The fraction of sp³-hybridized carbons (Fsp3) is 0.233. The molecular weight excluding hydrogens is 418 g/mol. The van der Waals surface area contributed by atoms with Gasteiger partial charge in [0, 0.05) is 46.8 Å². The molecule has 1 aliphatic rings. The van der Waals surface area contributed by atoms with Gasteiger partial charge in [-0.2, -0.15) is 0 Å². The van der Waals surface area contributed by atoms with E-state index in [0.717, 1.165) is 44.5 Å². The first-order valence-electron chi connectivity index (χ1n) is 12.2. The van der Waals surface area contributed by atoms with Crippen molar-refractivity contribution in [3.05, 3.63) is 108 Å². The molecule has 172 valence electrons. The molecule has 0 atom stereocenters. The summed E-state index contributed by atoms with van der Waals surface area (Å²) < 4.78 is 0. The normalized spacial score (nSPS) is 14.7. The molecule has 0 aliphatic carbocycles. The molecule has 2 N–H and O–H groups in total. The summed E-state index contributed by atoms with van der Waals surface area (Å²) >= 11 is 0. The van der Waals surface area contributed by atoms with Crippen LogP contribution >= 0.6 is 0 Å². The summed E-state index contributed by atoms with van der Waals surface area (Å²) in [7, 11) is 0. The van der Waals surface area contributed by atoms with Crippen LogP contribution in [0.15, 0.2) is 97.3 Å². The summed E-state index contributed by atoms with van der Waals surface area (Å²) in [4.78, 5) is 21.5. The van der Waals surface area contributed by atoms with Gasteiger partial charge < -0.3 is 14.9 Å². The maximum Gasteiger partial charge on any atom is 0.166 e. The number of piperidine rings is 1. The van der Waals surface area contributed by atoms with E-state index in [0.29, 0.717) is 5.78 Å². The molecule has 0 spiro atoms. The number of carbonyl (C=O) groups is 1. The van der Waals surface area contributed by atoms with Gasteiger partial charge in [-0.05, 0) is 61.5 Å². The number of Topliss-reactive ketones (excluding diaryl/α,β-unsaturated/α-hetero) is 1. The van der Waals surface area contributed by atoms with E-state index in [1.54, 1.807) is 0 Å². The molecule has 0 unspecified atom stereocenters. The topological polar surface area (TPSA) is 51.9 Å². The second-order valence-electron chi connectivity index (χ2n) is 9.02. The molecule has 3 heterocycles. The molecule has 4 heteroatoms. The third kappa shape index (κ3) is 5.13. The molecule has 0 amide bonds. The van der Waals surface area contributed by atoms with Gasteiger partial charge in [0.05, 0.1) is 0 Å². The molecule has 1 saturated heterocycles. The van der Waals surface area contributed by atoms with Crippen molar-refractivity contribution >= 4 is 27.6 Å². The number of benzene rings is 3. The summed E-state index contributed by atoms with van der Waals surface area (Å²) in [6.45, 7) is 3.10. The molecule has 1 fully saturated rings. The number of fused-ring (bicyclic) bond motifs is 2. The van der Waals surface area contributed by atoms with Crippen molar-refractivity contribution in [1.82, 2.24) is 14.9 Å². The molecule has 1 aliphatic heterocycles. The van der Waals surface area contributed by atoms with Gasteiger partial charge in [-0.15, -0.1) is 0 Å². The zero-order valence-electron chi connectivity index (χ0n) is 19.4. The minimum absolute atomic E-state index is 0.187. The van der Waals surface area contributed by atoms with Crippen LogP contribution in [0.4, 0.5) is 0 Å². The van der Waals surface area contributed by atoms with Crippen LogP contribution in [0.25, 0.3) is 21.8 Å². The van der Waals surface area contributed by atoms with Crippen molar-refractivity contribution < 1.29 is 4.79 Å². The van der Waals surface area contributed by atoms with E-state index in [9.17, 15) is 4.79 Å². The predicted octanol–water partition coefficient (Wildman–Crippen LogP) is 6.47. The number of hydrogen-bond acceptors (Lipinski definition) is 2. The Labute approximate surface area is 200 Å². The van der Waals surface area contributed by atoms with Crippen molar-refractivity contribution in [3.8, 4) is 0 Å². The molecule has 3 aromatic carbocycles. The lowest BCUT2D eigenvalue weighted by atomic mass is 9.89. The van der Waals surface area contributed by atoms with Crippen LogP contribution < -0.4 is 0 Å². The number of hydrogen-bond donors (Lipinski definition) is 2. The maximum absolute atomic E-state index is 12.6. The van der Waals surface area contributed by atoms with Crippen LogP contribution in [0.1, 0.15) is 28.8 Å². The highest BCUT2D eigenvalue weighted by Gasteiger charge is 2.25. The highest BCUT2D eigenvalue weighted by atomic mass is 16.1. The first-order chi connectivity index (χ1) is 16.8. The lowest BCUT2D eigenvalue weighted by molar-refractivity contribution is 0.0841. The number of para-hydroxylation sites is 2. The summed E-state index contributed by atoms with van der Waals surface area (Å²) in [5.41, 5.74) is 4.67. The number of carbonyl (C=O) groups excluding carboxylic acids is 1. The number of ketones is 1. The molecule has 34 heavy (non-hydrogen) atoms. The summed E-state index contributed by atoms with van der Waals surface area (Å²) in [6, 6.07) is 28.5. The Bertz CT molecular complexity index is 1310. The smallest absolute Gasteiger partial charge is 0.166 e. The molecule has 4 nitrogen and oxygen atoms in total. The summed E-state index contributed by atoms with van der Waals surface area (Å²) in [6.07, 6.45) is 7.09. The average molecular weight is 450 g/mol. The van der Waals surface area contributed by atoms with Crippen LogP contribution in [0, 0.1) is 5.92 Å². The van der Waals surface area contributed by atoms with E-state index < -0.39 is 0 Å². The number of aromatic nitrogens is 2. The van der Waals surface area contributed by atoms with Crippen LogP contribution in [0.3, 0.4) is 0 Å². The first kappa shape index (κ1) is 22.2. The zero-order chi connectivity index (χ0) is 23.2. The quantitative estimate of drug-likeness (QED) is 0.302. The van der Waals surface area contributed by atoms with Crippen molar-refractivity contribution in [3.63, 3.8) is 0 Å². The van der Waals surface area contributed by atoms with Gasteiger partial charge in [-0.25, -0.2) is 0 Å². The number of aromatic amines is 2.